The maximum Gasteiger partial charge on any atom is 0.228 e. The summed E-state index contributed by atoms with van der Waals surface area (Å²) in [4.78, 5) is 14.1. The molecule has 0 radical (unpaired) electrons. The van der Waals surface area contributed by atoms with Crippen LogP contribution in [0.25, 0.3) is 0 Å². The largest absolute Gasteiger partial charge is 0.378 e. The van der Waals surface area contributed by atoms with E-state index in [9.17, 15) is 4.79 Å². The first-order valence-electron chi connectivity index (χ1n) is 6.29. The lowest BCUT2D eigenvalue weighted by Crippen LogP contribution is -2.70. The maximum atomic E-state index is 12.2. The van der Waals surface area contributed by atoms with E-state index in [0.717, 1.165) is 26.1 Å². The van der Waals surface area contributed by atoms with Crippen LogP contribution < -0.4 is 5.73 Å². The standard InChI is InChI=1S/C12H20N2O2/c1-8-10(4-5-16-8)11(15)14-6-12(13,7-14)9-2-3-9/h8-10H,2-7,13H2,1H3. The van der Waals surface area contributed by atoms with Crippen LogP contribution in [0.2, 0.25) is 0 Å². The molecule has 2 saturated heterocycles. The zero-order valence-electron chi connectivity index (χ0n) is 9.82. The van der Waals surface area contributed by atoms with Crippen molar-refractivity contribution in [3.05, 3.63) is 0 Å². The molecule has 1 saturated carbocycles. The molecule has 0 bridgehead atoms. The summed E-state index contributed by atoms with van der Waals surface area (Å²) < 4.78 is 5.44. The average Bonchev–Trinajstić information content (AvgIpc) is 2.97. The first-order chi connectivity index (χ1) is 7.60. The molecule has 90 valence electrons. The minimum Gasteiger partial charge on any atom is -0.378 e. The second-order valence-corrected chi connectivity index (χ2v) is 5.67. The summed E-state index contributed by atoms with van der Waals surface area (Å²) in [7, 11) is 0. The molecule has 4 nitrogen and oxygen atoms in total. The molecular weight excluding hydrogens is 204 g/mol. The van der Waals surface area contributed by atoms with Gasteiger partial charge in [-0.05, 0) is 32.1 Å². The number of hydrogen-bond acceptors (Lipinski definition) is 3. The van der Waals surface area contributed by atoms with E-state index in [1.807, 2.05) is 11.8 Å². The van der Waals surface area contributed by atoms with Gasteiger partial charge in [0.2, 0.25) is 5.91 Å². The van der Waals surface area contributed by atoms with E-state index in [0.29, 0.717) is 5.92 Å². The Labute approximate surface area is 96.1 Å². The molecule has 2 N–H and O–H groups in total. The lowest BCUT2D eigenvalue weighted by atomic mass is 9.84. The third-order valence-electron chi connectivity index (χ3n) is 4.37. The first kappa shape index (κ1) is 10.5. The van der Waals surface area contributed by atoms with E-state index < -0.39 is 0 Å². The molecule has 4 heteroatoms. The van der Waals surface area contributed by atoms with Crippen molar-refractivity contribution in [3.63, 3.8) is 0 Å². The van der Waals surface area contributed by atoms with E-state index in [4.69, 9.17) is 10.5 Å². The minimum atomic E-state index is -0.0572. The molecule has 0 aromatic carbocycles. The van der Waals surface area contributed by atoms with Gasteiger partial charge in [0.15, 0.2) is 0 Å². The van der Waals surface area contributed by atoms with Gasteiger partial charge >= 0.3 is 0 Å². The van der Waals surface area contributed by atoms with Gasteiger partial charge in [0.1, 0.15) is 0 Å². The predicted molar refractivity (Wildman–Crippen MR) is 59.7 cm³/mol. The highest BCUT2D eigenvalue weighted by Gasteiger charge is 2.52. The van der Waals surface area contributed by atoms with Gasteiger partial charge in [-0.15, -0.1) is 0 Å². The molecule has 0 aromatic rings. The van der Waals surface area contributed by atoms with E-state index in [1.54, 1.807) is 0 Å². The Hall–Kier alpha value is -0.610. The van der Waals surface area contributed by atoms with Gasteiger partial charge in [0, 0.05) is 19.7 Å². The van der Waals surface area contributed by atoms with Crippen molar-refractivity contribution in [2.24, 2.45) is 17.6 Å². The average molecular weight is 224 g/mol. The van der Waals surface area contributed by atoms with E-state index >= 15 is 0 Å². The van der Waals surface area contributed by atoms with Crippen LogP contribution in [0.5, 0.6) is 0 Å². The van der Waals surface area contributed by atoms with E-state index in [-0.39, 0.29) is 23.5 Å². The Bertz CT molecular complexity index is 308. The lowest BCUT2D eigenvalue weighted by Gasteiger charge is -2.49. The fraction of sp³-hybridized carbons (Fsp3) is 0.917. The Morgan fingerprint density at radius 3 is 2.56 bits per heavy atom. The topological polar surface area (TPSA) is 55.6 Å². The summed E-state index contributed by atoms with van der Waals surface area (Å²) in [5.74, 6) is 1.00. The predicted octanol–water partition coefficient (Wildman–Crippen LogP) is 0.361. The van der Waals surface area contributed by atoms with Crippen LogP contribution in [0.4, 0.5) is 0 Å². The van der Waals surface area contributed by atoms with Crippen LogP contribution >= 0.6 is 0 Å². The van der Waals surface area contributed by atoms with Crippen LogP contribution in [0, 0.1) is 11.8 Å². The molecular formula is C12H20N2O2. The van der Waals surface area contributed by atoms with Gasteiger partial charge < -0.3 is 15.4 Å². The molecule has 3 rings (SSSR count). The fourth-order valence-corrected chi connectivity index (χ4v) is 3.03. The number of ether oxygens (including phenoxy) is 1. The highest BCUT2D eigenvalue weighted by atomic mass is 16.5. The van der Waals surface area contributed by atoms with Crippen molar-refractivity contribution in [1.82, 2.24) is 4.90 Å². The summed E-state index contributed by atoms with van der Waals surface area (Å²) in [5.41, 5.74) is 6.19. The van der Waals surface area contributed by atoms with Crippen LogP contribution in [0.3, 0.4) is 0 Å². The smallest absolute Gasteiger partial charge is 0.228 e. The summed E-state index contributed by atoms with van der Waals surface area (Å²) >= 11 is 0. The number of carbonyl (C=O) groups excluding carboxylic acids is 1. The fourth-order valence-electron chi connectivity index (χ4n) is 3.03. The second-order valence-electron chi connectivity index (χ2n) is 5.67. The van der Waals surface area contributed by atoms with E-state index in [2.05, 4.69) is 0 Å². The Balaban J connectivity index is 1.57. The van der Waals surface area contributed by atoms with E-state index in [1.165, 1.54) is 12.8 Å². The molecule has 16 heavy (non-hydrogen) atoms. The van der Waals surface area contributed by atoms with Crippen molar-refractivity contribution in [1.29, 1.82) is 0 Å². The third-order valence-corrected chi connectivity index (χ3v) is 4.37. The number of amides is 1. The van der Waals surface area contributed by atoms with Crippen LogP contribution in [0.15, 0.2) is 0 Å². The van der Waals surface area contributed by atoms with Crippen molar-refractivity contribution >= 4 is 5.91 Å². The zero-order valence-corrected chi connectivity index (χ0v) is 9.82. The molecule has 0 spiro atoms. The van der Waals surface area contributed by atoms with Gasteiger partial charge in [0.25, 0.3) is 0 Å². The SMILES string of the molecule is CC1OCCC1C(=O)N1CC(N)(C2CC2)C1. The molecule has 1 aliphatic carbocycles. The summed E-state index contributed by atoms with van der Waals surface area (Å²) in [6.07, 6.45) is 3.46. The molecule has 2 unspecified atom stereocenters. The van der Waals surface area contributed by atoms with Gasteiger partial charge in [-0.3, -0.25) is 4.79 Å². The van der Waals surface area contributed by atoms with Crippen LogP contribution in [-0.4, -0.2) is 42.1 Å². The van der Waals surface area contributed by atoms with Gasteiger partial charge in [0.05, 0.1) is 17.6 Å². The van der Waals surface area contributed by atoms with Crippen molar-refractivity contribution in [3.8, 4) is 0 Å². The number of nitrogens with two attached hydrogens (primary N) is 1. The van der Waals surface area contributed by atoms with Gasteiger partial charge in [-0.1, -0.05) is 0 Å². The third kappa shape index (κ3) is 1.55. The van der Waals surface area contributed by atoms with Crippen molar-refractivity contribution < 1.29 is 9.53 Å². The second kappa shape index (κ2) is 3.44. The van der Waals surface area contributed by atoms with Gasteiger partial charge in [-0.2, -0.15) is 0 Å². The summed E-state index contributed by atoms with van der Waals surface area (Å²) in [6, 6.07) is 0. The number of nitrogens with zero attached hydrogens (tertiary/aromatic N) is 1. The normalized spacial score (nSPS) is 37.2. The molecule has 3 aliphatic rings. The molecule has 3 fully saturated rings. The first-order valence-corrected chi connectivity index (χ1v) is 6.29. The Morgan fingerprint density at radius 2 is 2.06 bits per heavy atom. The molecule has 2 aliphatic heterocycles. The number of hydrogen-bond donors (Lipinski definition) is 1. The number of rotatable bonds is 2. The van der Waals surface area contributed by atoms with Gasteiger partial charge in [-0.25, -0.2) is 0 Å². The monoisotopic (exact) mass is 224 g/mol. The van der Waals surface area contributed by atoms with Crippen molar-refractivity contribution in [2.75, 3.05) is 19.7 Å². The highest BCUT2D eigenvalue weighted by molar-refractivity contribution is 5.81. The van der Waals surface area contributed by atoms with Crippen LogP contribution in [0.1, 0.15) is 26.2 Å². The Morgan fingerprint density at radius 1 is 1.38 bits per heavy atom. The zero-order chi connectivity index (χ0) is 11.3. The lowest BCUT2D eigenvalue weighted by molar-refractivity contribution is -0.145. The summed E-state index contributed by atoms with van der Waals surface area (Å²) in [6.45, 7) is 4.24. The Kier molecular flexibility index (Phi) is 2.27. The summed E-state index contributed by atoms with van der Waals surface area (Å²) in [5, 5.41) is 0. The molecule has 1 amide bonds. The highest BCUT2D eigenvalue weighted by Crippen LogP contribution is 2.43. The van der Waals surface area contributed by atoms with Crippen LogP contribution in [-0.2, 0) is 9.53 Å². The minimum absolute atomic E-state index is 0.0572. The maximum absolute atomic E-state index is 12.2. The number of carbonyl (C=O) groups is 1. The quantitative estimate of drug-likeness (QED) is 0.737. The molecule has 0 aromatic heterocycles. The molecule has 2 atom stereocenters. The molecule has 2 heterocycles. The van der Waals surface area contributed by atoms with Crippen molar-refractivity contribution in [2.45, 2.75) is 37.8 Å². The number of likely N-dealkylation sites (tertiary alicyclic amines) is 1.